The SMILES string of the molecule is C#C.C=C(N)CC(CCCC)C(C)=O.C=CNC(C)(C)C.CCCCCC(C)C. The topological polar surface area (TPSA) is 55.1 Å². The van der Waals surface area contributed by atoms with Gasteiger partial charge in [-0.1, -0.05) is 79.4 Å². The summed E-state index contributed by atoms with van der Waals surface area (Å²) >= 11 is 0. The van der Waals surface area contributed by atoms with Crippen LogP contribution in [0.4, 0.5) is 0 Å². The first-order valence-corrected chi connectivity index (χ1v) is 11.1. The molecule has 3 N–H and O–H groups in total. The Hall–Kier alpha value is -1.69. The molecule has 0 aromatic carbocycles. The average molecular weight is 409 g/mol. The Labute approximate surface area is 184 Å². The molecule has 1 unspecified atom stereocenters. The fraction of sp³-hybridized carbons (Fsp3) is 0.731. The number of carbonyl (C=O) groups is 1. The fourth-order valence-corrected chi connectivity index (χ4v) is 2.32. The zero-order valence-corrected chi connectivity index (χ0v) is 20.9. The van der Waals surface area contributed by atoms with Crippen LogP contribution >= 0.6 is 0 Å². The van der Waals surface area contributed by atoms with Gasteiger partial charge in [0.15, 0.2) is 0 Å². The second-order valence-corrected chi connectivity index (χ2v) is 8.80. The van der Waals surface area contributed by atoms with Gasteiger partial charge in [0.05, 0.1) is 0 Å². The van der Waals surface area contributed by atoms with E-state index in [2.05, 4.69) is 79.8 Å². The molecule has 0 radical (unpaired) electrons. The first-order valence-electron chi connectivity index (χ1n) is 11.1. The van der Waals surface area contributed by atoms with Crippen LogP contribution in [0, 0.1) is 24.7 Å². The number of allylic oxidation sites excluding steroid dienone is 1. The Morgan fingerprint density at radius 2 is 1.55 bits per heavy atom. The van der Waals surface area contributed by atoms with Crippen molar-refractivity contribution in [3.63, 3.8) is 0 Å². The number of nitrogens with one attached hydrogen (secondary N) is 1. The Kier molecular flexibility index (Phi) is 29.2. The number of unbranched alkanes of at least 4 members (excludes halogenated alkanes) is 3. The summed E-state index contributed by atoms with van der Waals surface area (Å²) in [5, 5.41) is 3.05. The second kappa shape index (κ2) is 24.3. The maximum atomic E-state index is 11.1. The number of terminal acetylenes is 1. The molecular formula is C26H52N2O. The van der Waals surface area contributed by atoms with E-state index in [1.165, 1.54) is 25.7 Å². The van der Waals surface area contributed by atoms with Crippen LogP contribution in [0.1, 0.15) is 107 Å². The minimum Gasteiger partial charge on any atom is -0.402 e. The Morgan fingerprint density at radius 1 is 1.07 bits per heavy atom. The maximum absolute atomic E-state index is 11.1. The zero-order chi connectivity index (χ0) is 23.9. The van der Waals surface area contributed by atoms with Crippen LogP contribution in [-0.4, -0.2) is 11.3 Å². The summed E-state index contributed by atoms with van der Waals surface area (Å²) < 4.78 is 0. The van der Waals surface area contributed by atoms with Crippen LogP contribution < -0.4 is 11.1 Å². The van der Waals surface area contributed by atoms with Gasteiger partial charge >= 0.3 is 0 Å². The van der Waals surface area contributed by atoms with E-state index in [9.17, 15) is 4.79 Å². The van der Waals surface area contributed by atoms with E-state index in [-0.39, 0.29) is 17.2 Å². The van der Waals surface area contributed by atoms with Gasteiger partial charge in [-0.15, -0.1) is 12.8 Å². The van der Waals surface area contributed by atoms with E-state index in [4.69, 9.17) is 5.73 Å². The molecule has 0 rings (SSSR count). The lowest BCUT2D eigenvalue weighted by Crippen LogP contribution is -2.30. The zero-order valence-electron chi connectivity index (χ0n) is 20.9. The maximum Gasteiger partial charge on any atom is 0.133 e. The molecule has 3 heteroatoms. The standard InChI is InChI=1S/C10H19NO.C8H18.C6H13N.C2H2/c1-4-5-6-10(9(3)12)7-8(2)11;1-4-5-6-7-8(2)3;1-5-7-6(2,3)4;1-2/h10H,2,4-7,11H2,1,3H3;8H,4-7H2,1-3H3;5,7H,1H2,2-4H3;1-2H. The Morgan fingerprint density at radius 3 is 1.79 bits per heavy atom. The van der Waals surface area contributed by atoms with Crippen LogP contribution in [0.2, 0.25) is 0 Å². The van der Waals surface area contributed by atoms with Crippen molar-refractivity contribution in [1.29, 1.82) is 0 Å². The van der Waals surface area contributed by atoms with Crippen molar-refractivity contribution in [3.8, 4) is 12.8 Å². The molecule has 0 aliphatic carbocycles. The first kappa shape index (κ1) is 34.8. The highest BCUT2D eigenvalue weighted by Gasteiger charge is 2.13. The Bertz CT molecular complexity index is 403. The molecule has 0 aromatic heterocycles. The van der Waals surface area contributed by atoms with E-state index >= 15 is 0 Å². The third-order valence-electron chi connectivity index (χ3n) is 3.91. The lowest BCUT2D eigenvalue weighted by Gasteiger charge is -2.17. The van der Waals surface area contributed by atoms with Gasteiger partial charge in [0.1, 0.15) is 5.78 Å². The molecule has 0 amide bonds. The van der Waals surface area contributed by atoms with E-state index < -0.39 is 0 Å². The predicted octanol–water partition coefficient (Wildman–Crippen LogP) is 7.23. The molecule has 0 heterocycles. The summed E-state index contributed by atoms with van der Waals surface area (Å²) in [6.45, 7) is 24.0. The summed E-state index contributed by atoms with van der Waals surface area (Å²) in [5.74, 6) is 1.24. The normalized spacial score (nSPS) is 10.7. The number of hydrogen-bond acceptors (Lipinski definition) is 3. The lowest BCUT2D eigenvalue weighted by atomic mass is 9.94. The van der Waals surface area contributed by atoms with Gasteiger partial charge < -0.3 is 11.1 Å². The van der Waals surface area contributed by atoms with Crippen molar-refractivity contribution in [1.82, 2.24) is 5.32 Å². The highest BCUT2D eigenvalue weighted by Crippen LogP contribution is 2.15. The van der Waals surface area contributed by atoms with Crippen LogP contribution in [-0.2, 0) is 4.79 Å². The number of carbonyl (C=O) groups excluding carboxylic acids is 1. The second-order valence-electron chi connectivity index (χ2n) is 8.80. The van der Waals surface area contributed by atoms with E-state index in [1.807, 2.05) is 0 Å². The van der Waals surface area contributed by atoms with Crippen molar-refractivity contribution < 1.29 is 4.79 Å². The molecule has 3 nitrogen and oxygen atoms in total. The molecule has 0 bridgehead atoms. The van der Waals surface area contributed by atoms with Crippen molar-refractivity contribution in [3.05, 3.63) is 25.1 Å². The molecular weight excluding hydrogens is 356 g/mol. The molecule has 0 fully saturated rings. The summed E-state index contributed by atoms with van der Waals surface area (Å²) in [6, 6.07) is 0. The lowest BCUT2D eigenvalue weighted by molar-refractivity contribution is -0.120. The van der Waals surface area contributed by atoms with Gasteiger partial charge in [-0.05, 0) is 52.7 Å². The summed E-state index contributed by atoms with van der Waals surface area (Å²) in [5.41, 5.74) is 6.26. The predicted molar refractivity (Wildman–Crippen MR) is 134 cm³/mol. The van der Waals surface area contributed by atoms with Crippen molar-refractivity contribution in [2.45, 2.75) is 112 Å². The number of rotatable bonds is 11. The number of ketones is 1. The van der Waals surface area contributed by atoms with E-state index in [1.54, 1.807) is 13.1 Å². The minimum absolute atomic E-state index is 0.0995. The van der Waals surface area contributed by atoms with Gasteiger partial charge in [-0.3, -0.25) is 4.79 Å². The summed E-state index contributed by atoms with van der Waals surface area (Å²) in [6.07, 6.45) is 19.1. The molecule has 0 spiro atoms. The average Bonchev–Trinajstić information content (AvgIpc) is 2.60. The van der Waals surface area contributed by atoms with Crippen molar-refractivity contribution in [2.24, 2.45) is 17.6 Å². The van der Waals surface area contributed by atoms with Crippen molar-refractivity contribution in [2.75, 3.05) is 0 Å². The van der Waals surface area contributed by atoms with Gasteiger partial charge in [0.25, 0.3) is 0 Å². The van der Waals surface area contributed by atoms with Crippen LogP contribution in [0.25, 0.3) is 0 Å². The highest BCUT2D eigenvalue weighted by molar-refractivity contribution is 5.78. The van der Waals surface area contributed by atoms with Gasteiger partial charge in [0, 0.05) is 17.2 Å². The molecule has 29 heavy (non-hydrogen) atoms. The van der Waals surface area contributed by atoms with Gasteiger partial charge in [0.2, 0.25) is 0 Å². The summed E-state index contributed by atoms with van der Waals surface area (Å²) in [4.78, 5) is 11.1. The third-order valence-corrected chi connectivity index (χ3v) is 3.91. The van der Waals surface area contributed by atoms with Crippen LogP contribution in [0.3, 0.4) is 0 Å². The summed E-state index contributed by atoms with van der Waals surface area (Å²) in [7, 11) is 0. The van der Waals surface area contributed by atoms with Crippen LogP contribution in [0.5, 0.6) is 0 Å². The molecule has 0 saturated carbocycles. The smallest absolute Gasteiger partial charge is 0.133 e. The van der Waals surface area contributed by atoms with Crippen LogP contribution in [0.15, 0.2) is 25.1 Å². The van der Waals surface area contributed by atoms with E-state index in [0.717, 1.165) is 25.2 Å². The molecule has 172 valence electrons. The highest BCUT2D eigenvalue weighted by atomic mass is 16.1. The largest absolute Gasteiger partial charge is 0.402 e. The minimum atomic E-state index is 0.0995. The van der Waals surface area contributed by atoms with Gasteiger partial charge in [-0.25, -0.2) is 0 Å². The van der Waals surface area contributed by atoms with Crippen molar-refractivity contribution >= 4 is 5.78 Å². The Balaban J connectivity index is -0.000000161. The third kappa shape index (κ3) is 41.7. The molecule has 0 aromatic rings. The fourth-order valence-electron chi connectivity index (χ4n) is 2.32. The number of hydrogen-bond donors (Lipinski definition) is 2. The van der Waals surface area contributed by atoms with Gasteiger partial charge in [-0.2, -0.15) is 0 Å². The number of nitrogens with two attached hydrogens (primary N) is 1. The van der Waals surface area contributed by atoms with E-state index in [0.29, 0.717) is 12.1 Å². The molecule has 1 atom stereocenters. The molecule has 0 aliphatic heterocycles. The first-order chi connectivity index (χ1) is 13.4. The number of Topliss-reactive ketones (excluding diaryl/α,β-unsaturated/α-hetero) is 1. The quantitative estimate of drug-likeness (QED) is 0.280. The molecule has 0 saturated heterocycles. The monoisotopic (exact) mass is 408 g/mol. The molecule has 0 aliphatic rings.